The van der Waals surface area contributed by atoms with E-state index in [0.29, 0.717) is 18.5 Å². The molecule has 1 fully saturated rings. The van der Waals surface area contributed by atoms with Crippen molar-refractivity contribution in [1.29, 1.82) is 0 Å². The summed E-state index contributed by atoms with van der Waals surface area (Å²) in [6.07, 6.45) is 2.48. The van der Waals surface area contributed by atoms with Gasteiger partial charge in [0.25, 0.3) is 0 Å². The van der Waals surface area contributed by atoms with Crippen LogP contribution in [0.15, 0.2) is 23.2 Å². The summed E-state index contributed by atoms with van der Waals surface area (Å²) < 4.78 is 5.09. The fourth-order valence-electron chi connectivity index (χ4n) is 1.56. The minimum Gasteiger partial charge on any atom is -0.481 e. The Morgan fingerprint density at radius 2 is 2.33 bits per heavy atom. The summed E-state index contributed by atoms with van der Waals surface area (Å²) in [6.45, 7) is 3.48. The Bertz CT molecular complexity index is 415. The van der Waals surface area contributed by atoms with Crippen molar-refractivity contribution >= 4 is 5.96 Å². The number of hydrogen-bond donors (Lipinski definition) is 2. The molecule has 18 heavy (non-hydrogen) atoms. The van der Waals surface area contributed by atoms with E-state index in [1.807, 2.05) is 18.2 Å². The number of methoxy groups -OCH3 is 1. The van der Waals surface area contributed by atoms with Gasteiger partial charge >= 0.3 is 0 Å². The van der Waals surface area contributed by atoms with Gasteiger partial charge in [-0.2, -0.15) is 0 Å². The molecule has 5 heteroatoms. The second-order valence-electron chi connectivity index (χ2n) is 4.29. The first-order chi connectivity index (χ1) is 8.81. The SMILES string of the molecule is CCNC(=NCc1cccc(OC)n1)NC1CC1. The zero-order chi connectivity index (χ0) is 12.8. The van der Waals surface area contributed by atoms with E-state index in [1.54, 1.807) is 7.11 Å². The van der Waals surface area contributed by atoms with Crippen LogP contribution in [0.1, 0.15) is 25.5 Å². The topological polar surface area (TPSA) is 58.5 Å². The van der Waals surface area contributed by atoms with Crippen LogP contribution in [-0.2, 0) is 6.54 Å². The predicted octanol–water partition coefficient (Wildman–Crippen LogP) is 1.31. The van der Waals surface area contributed by atoms with Crippen LogP contribution in [0.4, 0.5) is 0 Å². The number of guanidine groups is 1. The molecule has 0 atom stereocenters. The van der Waals surface area contributed by atoms with Crippen LogP contribution in [0.5, 0.6) is 5.88 Å². The lowest BCUT2D eigenvalue weighted by molar-refractivity contribution is 0.396. The van der Waals surface area contributed by atoms with Crippen LogP contribution in [0.2, 0.25) is 0 Å². The van der Waals surface area contributed by atoms with Gasteiger partial charge in [-0.15, -0.1) is 0 Å². The van der Waals surface area contributed by atoms with Gasteiger partial charge in [0.2, 0.25) is 5.88 Å². The standard InChI is InChI=1S/C13H20N4O/c1-3-14-13(17-10-7-8-10)15-9-11-5-4-6-12(16-11)18-2/h4-6,10H,3,7-9H2,1-2H3,(H2,14,15,17). The van der Waals surface area contributed by atoms with Gasteiger partial charge in [0.1, 0.15) is 0 Å². The molecule has 1 aromatic rings. The molecule has 5 nitrogen and oxygen atoms in total. The maximum absolute atomic E-state index is 5.09. The molecule has 2 rings (SSSR count). The quantitative estimate of drug-likeness (QED) is 0.609. The maximum atomic E-state index is 5.09. The molecule has 0 amide bonds. The van der Waals surface area contributed by atoms with Crippen molar-refractivity contribution in [3.63, 3.8) is 0 Å². The van der Waals surface area contributed by atoms with E-state index >= 15 is 0 Å². The Morgan fingerprint density at radius 1 is 1.50 bits per heavy atom. The third kappa shape index (κ3) is 3.91. The average Bonchev–Trinajstić information content (AvgIpc) is 3.20. The van der Waals surface area contributed by atoms with Crippen molar-refractivity contribution < 1.29 is 4.74 Å². The molecule has 0 radical (unpaired) electrons. The highest BCUT2D eigenvalue weighted by Crippen LogP contribution is 2.18. The minimum atomic E-state index is 0.555. The summed E-state index contributed by atoms with van der Waals surface area (Å²) in [6, 6.07) is 6.31. The molecule has 1 aromatic heterocycles. The first-order valence-electron chi connectivity index (χ1n) is 6.36. The summed E-state index contributed by atoms with van der Waals surface area (Å²) in [5.74, 6) is 1.49. The van der Waals surface area contributed by atoms with Gasteiger partial charge in [0.05, 0.1) is 19.3 Å². The van der Waals surface area contributed by atoms with E-state index in [1.165, 1.54) is 12.8 Å². The molecule has 1 aliphatic carbocycles. The Kier molecular flexibility index (Phi) is 4.39. The Labute approximate surface area is 108 Å². The van der Waals surface area contributed by atoms with Gasteiger partial charge in [-0.3, -0.25) is 0 Å². The predicted molar refractivity (Wildman–Crippen MR) is 71.8 cm³/mol. The minimum absolute atomic E-state index is 0.555. The number of nitrogens with one attached hydrogen (secondary N) is 2. The van der Waals surface area contributed by atoms with Gasteiger partial charge in [0, 0.05) is 18.7 Å². The molecule has 98 valence electrons. The molecule has 1 aliphatic rings. The van der Waals surface area contributed by atoms with Crippen LogP contribution in [-0.4, -0.2) is 30.6 Å². The highest BCUT2D eigenvalue weighted by atomic mass is 16.5. The number of nitrogens with zero attached hydrogens (tertiary/aromatic N) is 2. The van der Waals surface area contributed by atoms with E-state index in [-0.39, 0.29) is 0 Å². The van der Waals surface area contributed by atoms with E-state index in [2.05, 4.69) is 27.5 Å². The Morgan fingerprint density at radius 3 is 3.00 bits per heavy atom. The fourth-order valence-corrected chi connectivity index (χ4v) is 1.56. The number of aliphatic imine (C=N–C) groups is 1. The molecule has 2 N–H and O–H groups in total. The largest absolute Gasteiger partial charge is 0.481 e. The molecular formula is C13H20N4O. The molecule has 0 bridgehead atoms. The second kappa shape index (κ2) is 6.23. The molecule has 1 heterocycles. The molecule has 0 aromatic carbocycles. The Balaban J connectivity index is 1.96. The monoisotopic (exact) mass is 248 g/mol. The highest BCUT2D eigenvalue weighted by molar-refractivity contribution is 5.80. The van der Waals surface area contributed by atoms with Crippen LogP contribution < -0.4 is 15.4 Å². The molecule has 0 aliphatic heterocycles. The summed E-state index contributed by atoms with van der Waals surface area (Å²) in [4.78, 5) is 8.85. The normalized spacial score (nSPS) is 15.3. The van der Waals surface area contributed by atoms with Crippen molar-refractivity contribution in [2.45, 2.75) is 32.4 Å². The van der Waals surface area contributed by atoms with Crippen LogP contribution in [0.3, 0.4) is 0 Å². The molecule has 0 spiro atoms. The summed E-state index contributed by atoms with van der Waals surface area (Å²) >= 11 is 0. The van der Waals surface area contributed by atoms with Crippen LogP contribution in [0.25, 0.3) is 0 Å². The second-order valence-corrected chi connectivity index (χ2v) is 4.29. The zero-order valence-electron chi connectivity index (χ0n) is 10.9. The van der Waals surface area contributed by atoms with Gasteiger partial charge in [-0.05, 0) is 25.8 Å². The summed E-state index contributed by atoms with van der Waals surface area (Å²) in [5.41, 5.74) is 0.905. The molecule has 0 unspecified atom stereocenters. The average molecular weight is 248 g/mol. The van der Waals surface area contributed by atoms with Crippen molar-refractivity contribution in [2.24, 2.45) is 4.99 Å². The Hall–Kier alpha value is -1.78. The van der Waals surface area contributed by atoms with Crippen molar-refractivity contribution in [3.8, 4) is 5.88 Å². The third-order valence-electron chi connectivity index (χ3n) is 2.65. The fraction of sp³-hybridized carbons (Fsp3) is 0.538. The van der Waals surface area contributed by atoms with Gasteiger partial charge in [-0.25, -0.2) is 9.98 Å². The van der Waals surface area contributed by atoms with E-state index in [4.69, 9.17) is 4.74 Å². The van der Waals surface area contributed by atoms with E-state index in [9.17, 15) is 0 Å². The maximum Gasteiger partial charge on any atom is 0.213 e. The van der Waals surface area contributed by atoms with Gasteiger partial charge in [0.15, 0.2) is 5.96 Å². The third-order valence-corrected chi connectivity index (χ3v) is 2.65. The molecule has 1 saturated carbocycles. The first kappa shape index (κ1) is 12.7. The van der Waals surface area contributed by atoms with Crippen molar-refractivity contribution in [1.82, 2.24) is 15.6 Å². The number of pyridine rings is 1. The van der Waals surface area contributed by atoms with Crippen LogP contribution >= 0.6 is 0 Å². The van der Waals surface area contributed by atoms with E-state index < -0.39 is 0 Å². The summed E-state index contributed by atoms with van der Waals surface area (Å²) in [5, 5.41) is 6.60. The molecular weight excluding hydrogens is 228 g/mol. The number of aromatic nitrogens is 1. The zero-order valence-corrected chi connectivity index (χ0v) is 10.9. The van der Waals surface area contributed by atoms with Crippen LogP contribution in [0, 0.1) is 0 Å². The number of ether oxygens (including phenoxy) is 1. The highest BCUT2D eigenvalue weighted by Gasteiger charge is 2.21. The van der Waals surface area contributed by atoms with Gasteiger partial charge < -0.3 is 15.4 Å². The van der Waals surface area contributed by atoms with E-state index in [0.717, 1.165) is 18.2 Å². The smallest absolute Gasteiger partial charge is 0.213 e. The van der Waals surface area contributed by atoms with Crippen molar-refractivity contribution in [3.05, 3.63) is 23.9 Å². The van der Waals surface area contributed by atoms with Crippen molar-refractivity contribution in [2.75, 3.05) is 13.7 Å². The summed E-state index contributed by atoms with van der Waals surface area (Å²) in [7, 11) is 1.62. The first-order valence-corrected chi connectivity index (χ1v) is 6.36. The molecule has 0 saturated heterocycles. The lowest BCUT2D eigenvalue weighted by Crippen LogP contribution is -2.38. The van der Waals surface area contributed by atoms with Gasteiger partial charge in [-0.1, -0.05) is 6.07 Å². The lowest BCUT2D eigenvalue weighted by Gasteiger charge is -2.10. The number of hydrogen-bond acceptors (Lipinski definition) is 3. The number of rotatable bonds is 5. The lowest BCUT2D eigenvalue weighted by atomic mass is 10.3.